The minimum atomic E-state index is -0.268. The van der Waals surface area contributed by atoms with Crippen molar-refractivity contribution < 1.29 is 9.53 Å². The molecule has 2 aliphatic rings. The van der Waals surface area contributed by atoms with Crippen LogP contribution in [0.2, 0.25) is 0 Å². The lowest BCUT2D eigenvalue weighted by molar-refractivity contribution is 0.0533. The van der Waals surface area contributed by atoms with Crippen LogP contribution in [0.25, 0.3) is 0 Å². The molecule has 0 bridgehead atoms. The zero-order valence-corrected chi connectivity index (χ0v) is 13.7. The largest absolute Gasteiger partial charge is 0.462 e. The molecule has 3 rings (SSSR count). The number of carbonyl (C=O) groups excluding carboxylic acids is 1. The van der Waals surface area contributed by atoms with Crippen molar-refractivity contribution in [3.63, 3.8) is 0 Å². The average molecular weight is 308 g/mol. The highest BCUT2D eigenvalue weighted by Gasteiger charge is 2.35. The molecule has 0 amide bonds. The Hall–Kier alpha value is -1.23. The van der Waals surface area contributed by atoms with Crippen molar-refractivity contribution >= 4 is 28.0 Å². The van der Waals surface area contributed by atoms with Crippen LogP contribution in [0.3, 0.4) is 0 Å². The lowest BCUT2D eigenvalue weighted by atomic mass is 10.1. The van der Waals surface area contributed by atoms with Crippen LogP contribution in [0.15, 0.2) is 0 Å². The third-order valence-electron chi connectivity index (χ3n) is 4.25. The molecule has 4 nitrogen and oxygen atoms in total. The maximum Gasteiger partial charge on any atom is 0.350 e. The molecule has 5 heteroatoms. The number of nitrogens with two attached hydrogens (primary N) is 1. The molecule has 1 aromatic heterocycles. The van der Waals surface area contributed by atoms with Crippen molar-refractivity contribution in [2.24, 2.45) is 5.92 Å². The molecule has 2 saturated carbocycles. The van der Waals surface area contributed by atoms with E-state index in [1.807, 2.05) is 6.92 Å². The third kappa shape index (κ3) is 3.03. The van der Waals surface area contributed by atoms with E-state index in [4.69, 9.17) is 10.5 Å². The van der Waals surface area contributed by atoms with Crippen molar-refractivity contribution in [3.8, 4) is 0 Å². The van der Waals surface area contributed by atoms with Gasteiger partial charge in [-0.15, -0.1) is 11.3 Å². The summed E-state index contributed by atoms with van der Waals surface area (Å²) in [5, 5.41) is 1.22. The number of nitrogen functional groups attached to an aromatic ring is 1. The standard InChI is InChI=1S/C16H24N2O2S/c1-3-18(9-10-5-6-10)15-12(11-7-8-11)13(17)14(21-15)16(19)20-4-2/h10-11H,3-9,17H2,1-2H3. The molecule has 0 aliphatic heterocycles. The molecular weight excluding hydrogens is 284 g/mol. The summed E-state index contributed by atoms with van der Waals surface area (Å²) >= 11 is 1.53. The van der Waals surface area contributed by atoms with E-state index in [1.54, 1.807) is 0 Å². The number of thiophene rings is 1. The van der Waals surface area contributed by atoms with E-state index in [0.717, 1.165) is 19.0 Å². The number of hydrogen-bond donors (Lipinski definition) is 1. The molecule has 2 fully saturated rings. The van der Waals surface area contributed by atoms with E-state index >= 15 is 0 Å². The summed E-state index contributed by atoms with van der Waals surface area (Å²) < 4.78 is 5.16. The van der Waals surface area contributed by atoms with Gasteiger partial charge in [0.05, 0.1) is 17.3 Å². The van der Waals surface area contributed by atoms with Crippen LogP contribution >= 0.6 is 11.3 Å². The van der Waals surface area contributed by atoms with Gasteiger partial charge >= 0.3 is 5.97 Å². The predicted molar refractivity (Wildman–Crippen MR) is 87.3 cm³/mol. The maximum absolute atomic E-state index is 12.1. The minimum Gasteiger partial charge on any atom is -0.462 e. The van der Waals surface area contributed by atoms with Crippen LogP contribution in [0.1, 0.15) is 60.7 Å². The second kappa shape index (κ2) is 5.87. The van der Waals surface area contributed by atoms with Gasteiger partial charge in [-0.1, -0.05) is 0 Å². The fourth-order valence-corrected chi connectivity index (χ4v) is 4.04. The molecule has 0 atom stereocenters. The van der Waals surface area contributed by atoms with Gasteiger partial charge in [-0.2, -0.15) is 0 Å². The molecule has 0 unspecified atom stereocenters. The Kier molecular flexibility index (Phi) is 4.11. The monoisotopic (exact) mass is 308 g/mol. The minimum absolute atomic E-state index is 0.268. The van der Waals surface area contributed by atoms with Crippen LogP contribution in [-0.2, 0) is 4.74 Å². The fraction of sp³-hybridized carbons (Fsp3) is 0.688. The summed E-state index contributed by atoms with van der Waals surface area (Å²) in [5.41, 5.74) is 8.18. The predicted octanol–water partition coefficient (Wildman–Crippen LogP) is 3.62. The number of nitrogens with zero attached hydrogens (tertiary/aromatic N) is 1. The zero-order chi connectivity index (χ0) is 15.0. The first-order valence-corrected chi connectivity index (χ1v) is 8.81. The van der Waals surface area contributed by atoms with Crippen LogP contribution in [0, 0.1) is 5.92 Å². The maximum atomic E-state index is 12.1. The Bertz CT molecular complexity index is 533. The van der Waals surface area contributed by atoms with Gasteiger partial charge in [0.1, 0.15) is 4.88 Å². The molecule has 1 heterocycles. The summed E-state index contributed by atoms with van der Waals surface area (Å²) in [6.07, 6.45) is 5.05. The Morgan fingerprint density at radius 2 is 2.05 bits per heavy atom. The van der Waals surface area contributed by atoms with Gasteiger partial charge in [-0.25, -0.2) is 4.79 Å². The van der Waals surface area contributed by atoms with Gasteiger partial charge in [0, 0.05) is 18.7 Å². The number of carbonyl (C=O) groups is 1. The topological polar surface area (TPSA) is 55.6 Å². The summed E-state index contributed by atoms with van der Waals surface area (Å²) in [6.45, 7) is 6.47. The summed E-state index contributed by atoms with van der Waals surface area (Å²) in [4.78, 5) is 15.1. The van der Waals surface area contributed by atoms with Crippen LogP contribution in [0.5, 0.6) is 0 Å². The number of ether oxygens (including phenoxy) is 1. The van der Waals surface area contributed by atoms with Crippen molar-refractivity contribution in [2.45, 2.75) is 45.4 Å². The highest BCUT2D eigenvalue weighted by Crippen LogP contribution is 2.52. The lowest BCUT2D eigenvalue weighted by Gasteiger charge is -2.23. The van der Waals surface area contributed by atoms with Gasteiger partial charge in [0.2, 0.25) is 0 Å². The molecule has 0 aromatic carbocycles. The van der Waals surface area contributed by atoms with Gasteiger partial charge in [-0.3, -0.25) is 0 Å². The Labute approximate surface area is 130 Å². The molecule has 2 aliphatic carbocycles. The van der Waals surface area contributed by atoms with E-state index in [1.165, 1.54) is 47.6 Å². The highest BCUT2D eigenvalue weighted by atomic mass is 32.1. The van der Waals surface area contributed by atoms with Crippen molar-refractivity contribution in [3.05, 3.63) is 10.4 Å². The van der Waals surface area contributed by atoms with Crippen molar-refractivity contribution in [2.75, 3.05) is 30.3 Å². The average Bonchev–Trinajstić information content (AvgIpc) is 3.36. The lowest BCUT2D eigenvalue weighted by Crippen LogP contribution is -2.25. The van der Waals surface area contributed by atoms with Crippen LogP contribution < -0.4 is 10.6 Å². The first-order chi connectivity index (χ1) is 10.2. The smallest absolute Gasteiger partial charge is 0.350 e. The Morgan fingerprint density at radius 1 is 1.33 bits per heavy atom. The van der Waals surface area contributed by atoms with E-state index in [0.29, 0.717) is 23.1 Å². The summed E-state index contributed by atoms with van der Waals surface area (Å²) in [5.74, 6) is 1.11. The molecule has 21 heavy (non-hydrogen) atoms. The molecule has 0 spiro atoms. The molecule has 0 radical (unpaired) electrons. The van der Waals surface area contributed by atoms with E-state index in [-0.39, 0.29) is 5.97 Å². The molecule has 116 valence electrons. The number of rotatable bonds is 7. The second-order valence-corrected chi connectivity index (χ2v) is 7.04. The van der Waals surface area contributed by atoms with E-state index < -0.39 is 0 Å². The summed E-state index contributed by atoms with van der Waals surface area (Å²) in [6, 6.07) is 0. The summed E-state index contributed by atoms with van der Waals surface area (Å²) in [7, 11) is 0. The fourth-order valence-electron chi connectivity index (χ4n) is 2.76. The van der Waals surface area contributed by atoms with E-state index in [9.17, 15) is 4.79 Å². The second-order valence-electron chi connectivity index (χ2n) is 6.04. The van der Waals surface area contributed by atoms with Gasteiger partial charge in [0.15, 0.2) is 0 Å². The van der Waals surface area contributed by atoms with Crippen molar-refractivity contribution in [1.29, 1.82) is 0 Å². The SMILES string of the molecule is CCOC(=O)c1sc(N(CC)CC2CC2)c(C2CC2)c1N. The first-order valence-electron chi connectivity index (χ1n) is 7.99. The van der Waals surface area contributed by atoms with Crippen LogP contribution in [0.4, 0.5) is 10.7 Å². The number of hydrogen-bond acceptors (Lipinski definition) is 5. The molecule has 0 saturated heterocycles. The molecule has 1 aromatic rings. The van der Waals surface area contributed by atoms with Crippen molar-refractivity contribution in [1.82, 2.24) is 0 Å². The van der Waals surface area contributed by atoms with Gasteiger partial charge in [-0.05, 0) is 51.4 Å². The Balaban J connectivity index is 1.93. The quantitative estimate of drug-likeness (QED) is 0.782. The van der Waals surface area contributed by atoms with Gasteiger partial charge in [0.25, 0.3) is 0 Å². The number of esters is 1. The normalized spacial score (nSPS) is 17.8. The zero-order valence-electron chi connectivity index (χ0n) is 12.9. The first kappa shape index (κ1) is 14.7. The molecule has 2 N–H and O–H groups in total. The highest BCUT2D eigenvalue weighted by molar-refractivity contribution is 7.18. The number of anilines is 2. The molecular formula is C16H24N2O2S. The van der Waals surface area contributed by atoms with Gasteiger partial charge < -0.3 is 15.4 Å². The van der Waals surface area contributed by atoms with Crippen LogP contribution in [-0.4, -0.2) is 25.7 Å². The Morgan fingerprint density at radius 3 is 2.57 bits per heavy atom. The third-order valence-corrected chi connectivity index (χ3v) is 5.52. The van der Waals surface area contributed by atoms with E-state index in [2.05, 4.69) is 11.8 Å².